The summed E-state index contributed by atoms with van der Waals surface area (Å²) in [7, 11) is 3.28. The van der Waals surface area contributed by atoms with Gasteiger partial charge in [-0.15, -0.1) is 0 Å². The summed E-state index contributed by atoms with van der Waals surface area (Å²) in [6.45, 7) is 2.89. The summed E-state index contributed by atoms with van der Waals surface area (Å²) in [4.78, 5) is 30.7. The second-order valence-electron chi connectivity index (χ2n) is 11.5. The highest BCUT2D eigenvalue weighted by molar-refractivity contribution is 5.80. The molecule has 6 nitrogen and oxygen atoms in total. The minimum Gasteiger partial charge on any atom is -0.369 e. The maximum Gasteiger partial charge on any atom is 0.430 e. The van der Waals surface area contributed by atoms with Gasteiger partial charge in [0.2, 0.25) is 5.91 Å². The molecule has 2 aliphatic heterocycles. The van der Waals surface area contributed by atoms with Gasteiger partial charge >= 0.3 is 18.4 Å². The molecule has 13 heteroatoms. The normalized spacial score (nSPS) is 22.4. The molecule has 0 saturated carbocycles. The van der Waals surface area contributed by atoms with Gasteiger partial charge in [-0.2, -0.15) is 26.3 Å². The van der Waals surface area contributed by atoms with Crippen LogP contribution in [0.2, 0.25) is 0 Å². The molecule has 0 aliphatic carbocycles. The van der Waals surface area contributed by atoms with Crippen LogP contribution < -0.4 is 0 Å². The van der Waals surface area contributed by atoms with Gasteiger partial charge in [0.05, 0.1) is 0 Å². The molecule has 2 fully saturated rings. The predicted octanol–water partition coefficient (Wildman–Crippen LogP) is 5.42. The summed E-state index contributed by atoms with van der Waals surface area (Å²) in [6, 6.07) is 8.83. The highest BCUT2D eigenvalue weighted by atomic mass is 19.4. The van der Waals surface area contributed by atoms with Crippen molar-refractivity contribution < 1.29 is 45.4 Å². The van der Waals surface area contributed by atoms with Crippen molar-refractivity contribution in [2.24, 2.45) is 5.92 Å². The minimum absolute atomic E-state index is 0.117. The van der Waals surface area contributed by atoms with E-state index in [1.54, 1.807) is 36.0 Å². The number of rotatable bonds is 4. The first-order chi connectivity index (χ1) is 19.4. The monoisotopic (exact) mass is 603 g/mol. The number of halogens is 7. The fourth-order valence-corrected chi connectivity index (χ4v) is 6.06. The third-order valence-electron chi connectivity index (χ3n) is 8.56. The lowest BCUT2D eigenvalue weighted by Gasteiger charge is -2.35. The van der Waals surface area contributed by atoms with Crippen LogP contribution in [-0.4, -0.2) is 84.4 Å². The Kier molecular flexibility index (Phi) is 8.31. The standard InChI is InChI=1S/C29H32F7N3O3/c1-26(20-8-10-22(30)11-9-20)17-39(24(40)19-12-14-38(15-13-19)25(41)37(2)3)16-23(26)18-4-6-21(7-5-18)27(42,28(31,32)33)29(34,35)36/h4-11,19,23,42H,12-17H2,1-3H3/t23-,26+/m0/s1. The van der Waals surface area contributed by atoms with Crippen molar-refractivity contribution in [1.82, 2.24) is 14.7 Å². The van der Waals surface area contributed by atoms with E-state index in [1.807, 2.05) is 6.92 Å². The van der Waals surface area contributed by atoms with E-state index in [9.17, 15) is 45.4 Å². The molecule has 0 spiro atoms. The lowest BCUT2D eigenvalue weighted by molar-refractivity contribution is -0.376. The van der Waals surface area contributed by atoms with Crippen LogP contribution in [0.5, 0.6) is 0 Å². The van der Waals surface area contributed by atoms with Gasteiger partial charge in [-0.05, 0) is 36.1 Å². The van der Waals surface area contributed by atoms with E-state index in [1.165, 1.54) is 17.0 Å². The van der Waals surface area contributed by atoms with Crippen molar-refractivity contribution in [3.63, 3.8) is 0 Å². The number of hydrogen-bond donors (Lipinski definition) is 1. The molecule has 1 N–H and O–H groups in total. The fourth-order valence-electron chi connectivity index (χ4n) is 6.06. The summed E-state index contributed by atoms with van der Waals surface area (Å²) in [5.74, 6) is -1.60. The van der Waals surface area contributed by atoms with Crippen LogP contribution in [-0.2, 0) is 15.8 Å². The SMILES string of the molecule is CN(C)C(=O)N1CCC(C(=O)N2C[C@@H](c3ccc(C(O)(C(F)(F)F)C(F)(F)F)cc3)[C@@](C)(c3ccc(F)cc3)C2)CC1. The first-order valence-corrected chi connectivity index (χ1v) is 13.4. The topological polar surface area (TPSA) is 64.1 Å². The van der Waals surface area contributed by atoms with E-state index in [4.69, 9.17) is 0 Å². The molecule has 0 bridgehead atoms. The first-order valence-electron chi connectivity index (χ1n) is 13.4. The van der Waals surface area contributed by atoms with E-state index >= 15 is 0 Å². The molecule has 4 rings (SSSR count). The Balaban J connectivity index is 1.64. The molecule has 0 radical (unpaired) electrons. The van der Waals surface area contributed by atoms with E-state index in [0.29, 0.717) is 49.2 Å². The van der Waals surface area contributed by atoms with Gasteiger partial charge in [-0.1, -0.05) is 43.3 Å². The molecule has 2 heterocycles. The smallest absolute Gasteiger partial charge is 0.369 e. The van der Waals surface area contributed by atoms with E-state index in [2.05, 4.69) is 0 Å². The molecule has 42 heavy (non-hydrogen) atoms. The average molecular weight is 604 g/mol. The quantitative estimate of drug-likeness (QED) is 0.476. The maximum absolute atomic E-state index is 13.8. The highest BCUT2D eigenvalue weighted by Gasteiger charge is 2.71. The maximum atomic E-state index is 13.8. The Morgan fingerprint density at radius 2 is 1.40 bits per heavy atom. The molecule has 2 aliphatic rings. The van der Waals surface area contributed by atoms with Crippen LogP contribution in [0.4, 0.5) is 35.5 Å². The predicted molar refractivity (Wildman–Crippen MR) is 139 cm³/mol. The number of benzene rings is 2. The van der Waals surface area contributed by atoms with E-state index in [0.717, 1.165) is 12.1 Å². The molecule has 2 aromatic rings. The van der Waals surface area contributed by atoms with Crippen LogP contribution in [0, 0.1) is 11.7 Å². The average Bonchev–Trinajstić information content (AvgIpc) is 3.29. The van der Waals surface area contributed by atoms with Crippen molar-refractivity contribution in [1.29, 1.82) is 0 Å². The second kappa shape index (κ2) is 11.1. The number of amides is 3. The van der Waals surface area contributed by atoms with Crippen molar-refractivity contribution >= 4 is 11.9 Å². The molecule has 0 aromatic heterocycles. The Morgan fingerprint density at radius 1 is 0.881 bits per heavy atom. The number of alkyl halides is 6. The van der Waals surface area contributed by atoms with Crippen LogP contribution in [0.3, 0.4) is 0 Å². The number of carbonyl (C=O) groups excluding carboxylic acids is 2. The van der Waals surface area contributed by atoms with Gasteiger partial charge in [0.1, 0.15) is 5.82 Å². The number of carbonyl (C=O) groups is 2. The number of likely N-dealkylation sites (tertiary alicyclic amines) is 2. The van der Waals surface area contributed by atoms with Gasteiger partial charge in [0.25, 0.3) is 5.60 Å². The third-order valence-corrected chi connectivity index (χ3v) is 8.56. The van der Waals surface area contributed by atoms with E-state index in [-0.39, 0.29) is 30.9 Å². The molecule has 0 unspecified atom stereocenters. The minimum atomic E-state index is -6.02. The zero-order valence-electron chi connectivity index (χ0n) is 23.3. The lowest BCUT2D eigenvalue weighted by Crippen LogP contribution is -2.53. The summed E-state index contributed by atoms with van der Waals surface area (Å²) >= 11 is 0. The number of piperidine rings is 1. The van der Waals surface area contributed by atoms with E-state index < -0.39 is 40.7 Å². The van der Waals surface area contributed by atoms with Crippen molar-refractivity contribution in [3.05, 3.63) is 71.0 Å². The summed E-state index contributed by atoms with van der Waals surface area (Å²) < 4.78 is 94.3. The highest BCUT2D eigenvalue weighted by Crippen LogP contribution is 2.51. The summed E-state index contributed by atoms with van der Waals surface area (Å²) in [5, 5.41) is 9.80. The van der Waals surface area contributed by atoms with Crippen molar-refractivity contribution in [3.8, 4) is 0 Å². The van der Waals surface area contributed by atoms with Gasteiger partial charge in [0.15, 0.2) is 0 Å². The van der Waals surface area contributed by atoms with Crippen molar-refractivity contribution in [2.45, 2.75) is 49.1 Å². The number of urea groups is 1. The Hall–Kier alpha value is -3.35. The third kappa shape index (κ3) is 5.55. The zero-order chi connectivity index (χ0) is 31.3. The number of hydrogen-bond acceptors (Lipinski definition) is 3. The van der Waals surface area contributed by atoms with Crippen LogP contribution in [0.25, 0.3) is 0 Å². The van der Waals surface area contributed by atoms with Crippen LogP contribution in [0.1, 0.15) is 42.4 Å². The largest absolute Gasteiger partial charge is 0.430 e. The van der Waals surface area contributed by atoms with Gasteiger partial charge in [-0.25, -0.2) is 9.18 Å². The fraction of sp³-hybridized carbons (Fsp3) is 0.517. The van der Waals surface area contributed by atoms with Gasteiger partial charge < -0.3 is 19.8 Å². The molecule has 2 saturated heterocycles. The van der Waals surface area contributed by atoms with Crippen LogP contribution >= 0.6 is 0 Å². The van der Waals surface area contributed by atoms with Gasteiger partial charge in [0, 0.05) is 63.1 Å². The van der Waals surface area contributed by atoms with Crippen molar-refractivity contribution in [2.75, 3.05) is 40.3 Å². The zero-order valence-corrected chi connectivity index (χ0v) is 23.3. The molecule has 2 atom stereocenters. The molecule has 230 valence electrons. The molecular formula is C29H32F7N3O3. The number of aliphatic hydroxyl groups is 1. The number of nitrogens with zero attached hydrogens (tertiary/aromatic N) is 3. The molecular weight excluding hydrogens is 571 g/mol. The lowest BCUT2D eigenvalue weighted by atomic mass is 9.71. The second-order valence-corrected chi connectivity index (χ2v) is 11.5. The van der Waals surface area contributed by atoms with Crippen LogP contribution in [0.15, 0.2) is 48.5 Å². The molecule has 2 aromatic carbocycles. The Labute approximate surface area is 238 Å². The summed E-state index contributed by atoms with van der Waals surface area (Å²) in [5.41, 5.74) is -6.30. The Bertz CT molecular complexity index is 1270. The Morgan fingerprint density at radius 3 is 1.88 bits per heavy atom. The summed E-state index contributed by atoms with van der Waals surface area (Å²) in [6.07, 6.45) is -11.2. The first kappa shape index (κ1) is 31.6. The molecule has 3 amide bonds. The van der Waals surface area contributed by atoms with Gasteiger partial charge in [-0.3, -0.25) is 4.79 Å².